The van der Waals surface area contributed by atoms with Crippen molar-refractivity contribution in [2.24, 2.45) is 0 Å². The Labute approximate surface area is 94.1 Å². The van der Waals surface area contributed by atoms with Crippen molar-refractivity contribution >= 4 is 34.2 Å². The highest BCUT2D eigenvalue weighted by molar-refractivity contribution is 8.16. The number of thioether (sulfide) groups is 1. The standard InChI is InChI=1S/C10H9NO2S2/c12-9-10(14-5-6-15(10)13)7-3-1-2-4-8(7)11-9/h1-4H,5-6H2,(H,11,12)/t10-,15?/m1/s1. The van der Waals surface area contributed by atoms with Gasteiger partial charge in [-0.3, -0.25) is 9.00 Å². The number of carbonyl (C=O) groups excluding carboxylic acids is 1. The summed E-state index contributed by atoms with van der Waals surface area (Å²) in [5, 5.41) is 2.81. The first kappa shape index (κ1) is 9.42. The molecule has 0 aromatic heterocycles. The molecule has 1 N–H and O–H groups in total. The lowest BCUT2D eigenvalue weighted by molar-refractivity contribution is -0.116. The molecular formula is C10H9NO2S2. The van der Waals surface area contributed by atoms with Crippen molar-refractivity contribution in [3.05, 3.63) is 29.8 Å². The fraction of sp³-hybridized carbons (Fsp3) is 0.300. The molecule has 0 bridgehead atoms. The second-order valence-corrected chi connectivity index (χ2v) is 6.79. The Hall–Kier alpha value is -0.810. The molecule has 1 aromatic carbocycles. The smallest absolute Gasteiger partial charge is 0.258 e. The van der Waals surface area contributed by atoms with Gasteiger partial charge in [-0.1, -0.05) is 18.2 Å². The summed E-state index contributed by atoms with van der Waals surface area (Å²) in [7, 11) is -1.10. The van der Waals surface area contributed by atoms with Crippen LogP contribution in [0.5, 0.6) is 0 Å². The van der Waals surface area contributed by atoms with Crippen molar-refractivity contribution in [1.29, 1.82) is 0 Å². The third-order valence-corrected chi connectivity index (χ3v) is 6.73. The van der Waals surface area contributed by atoms with Crippen molar-refractivity contribution in [1.82, 2.24) is 0 Å². The molecule has 1 unspecified atom stereocenters. The number of amides is 1. The van der Waals surface area contributed by atoms with Gasteiger partial charge in [-0.2, -0.15) is 0 Å². The second kappa shape index (κ2) is 3.09. The molecule has 1 aromatic rings. The number of anilines is 1. The van der Waals surface area contributed by atoms with Crippen LogP contribution in [0.25, 0.3) is 0 Å². The Morgan fingerprint density at radius 1 is 1.40 bits per heavy atom. The number of fused-ring (bicyclic) bond motifs is 2. The average Bonchev–Trinajstić information content (AvgIpc) is 2.74. The zero-order valence-corrected chi connectivity index (χ0v) is 9.49. The minimum absolute atomic E-state index is 0.121. The Morgan fingerprint density at radius 2 is 2.20 bits per heavy atom. The topological polar surface area (TPSA) is 46.2 Å². The molecule has 3 rings (SSSR count). The SMILES string of the molecule is O=C1Nc2ccccc2[C@]12SCCS2=O. The largest absolute Gasteiger partial charge is 0.323 e. The summed E-state index contributed by atoms with van der Waals surface area (Å²) < 4.78 is 11.2. The van der Waals surface area contributed by atoms with E-state index in [4.69, 9.17) is 0 Å². The Balaban J connectivity index is 2.25. The van der Waals surface area contributed by atoms with Crippen LogP contribution in [0.4, 0.5) is 5.69 Å². The van der Waals surface area contributed by atoms with Crippen LogP contribution in [0.15, 0.2) is 24.3 Å². The van der Waals surface area contributed by atoms with Crippen molar-refractivity contribution in [2.45, 2.75) is 4.08 Å². The van der Waals surface area contributed by atoms with E-state index in [-0.39, 0.29) is 5.91 Å². The molecular weight excluding hydrogens is 230 g/mol. The summed E-state index contributed by atoms with van der Waals surface area (Å²) in [6.45, 7) is 0. The van der Waals surface area contributed by atoms with Gasteiger partial charge in [0, 0.05) is 22.8 Å². The quantitative estimate of drug-likeness (QED) is 0.742. The fourth-order valence-corrected chi connectivity index (χ4v) is 5.78. The number of benzene rings is 1. The lowest BCUT2D eigenvalue weighted by Crippen LogP contribution is -2.32. The first-order chi connectivity index (χ1) is 7.25. The van der Waals surface area contributed by atoms with Gasteiger partial charge in [-0.05, 0) is 6.07 Å². The maximum absolute atomic E-state index is 12.0. The highest BCUT2D eigenvalue weighted by Crippen LogP contribution is 2.51. The molecule has 1 saturated heterocycles. The molecule has 5 heteroatoms. The molecule has 78 valence electrons. The fourth-order valence-electron chi connectivity index (χ4n) is 2.05. The van der Waals surface area contributed by atoms with E-state index in [1.165, 1.54) is 11.8 Å². The summed E-state index contributed by atoms with van der Waals surface area (Å²) in [4.78, 5) is 11.9. The molecule has 2 aliphatic rings. The Kier molecular flexibility index (Phi) is 1.94. The van der Waals surface area contributed by atoms with Gasteiger partial charge in [0.25, 0.3) is 5.91 Å². The molecule has 1 fully saturated rings. The third-order valence-electron chi connectivity index (χ3n) is 2.72. The number of para-hydroxylation sites is 1. The van der Waals surface area contributed by atoms with Gasteiger partial charge < -0.3 is 5.32 Å². The third kappa shape index (κ3) is 1.08. The van der Waals surface area contributed by atoms with E-state index in [1.54, 1.807) is 0 Å². The summed E-state index contributed by atoms with van der Waals surface area (Å²) in [6, 6.07) is 7.51. The Bertz CT molecular complexity index is 474. The predicted octanol–water partition coefficient (Wildman–Crippen LogP) is 1.29. The van der Waals surface area contributed by atoms with Gasteiger partial charge in [0.15, 0.2) is 4.08 Å². The van der Waals surface area contributed by atoms with Gasteiger partial charge in [0.05, 0.1) is 10.8 Å². The van der Waals surface area contributed by atoms with Gasteiger partial charge in [0.1, 0.15) is 0 Å². The molecule has 0 aliphatic carbocycles. The van der Waals surface area contributed by atoms with E-state index >= 15 is 0 Å². The van der Waals surface area contributed by atoms with Gasteiger partial charge in [0.2, 0.25) is 0 Å². The maximum atomic E-state index is 12.0. The van der Waals surface area contributed by atoms with Gasteiger partial charge in [-0.25, -0.2) is 0 Å². The summed E-state index contributed by atoms with van der Waals surface area (Å²) in [5.41, 5.74) is 1.70. The lowest BCUT2D eigenvalue weighted by Gasteiger charge is -2.17. The number of carbonyl (C=O) groups is 1. The first-order valence-electron chi connectivity index (χ1n) is 4.68. The van der Waals surface area contributed by atoms with Crippen molar-refractivity contribution in [3.8, 4) is 0 Å². The van der Waals surface area contributed by atoms with Crippen LogP contribution in [0, 0.1) is 0 Å². The van der Waals surface area contributed by atoms with E-state index in [9.17, 15) is 9.00 Å². The number of hydrogen-bond donors (Lipinski definition) is 1. The molecule has 15 heavy (non-hydrogen) atoms. The normalized spacial score (nSPS) is 33.1. The van der Waals surface area contributed by atoms with Crippen molar-refractivity contribution in [3.63, 3.8) is 0 Å². The number of rotatable bonds is 0. The van der Waals surface area contributed by atoms with Gasteiger partial charge >= 0.3 is 0 Å². The molecule has 1 spiro atoms. The zero-order chi connectivity index (χ0) is 10.5. The molecule has 2 heterocycles. The van der Waals surface area contributed by atoms with E-state index in [2.05, 4.69) is 5.32 Å². The van der Waals surface area contributed by atoms with E-state index in [0.29, 0.717) is 5.75 Å². The van der Waals surface area contributed by atoms with Crippen LogP contribution < -0.4 is 5.32 Å². The number of nitrogens with one attached hydrogen (secondary N) is 1. The molecule has 0 radical (unpaired) electrons. The summed E-state index contributed by atoms with van der Waals surface area (Å²) >= 11 is 1.50. The minimum Gasteiger partial charge on any atom is -0.323 e. The number of hydrogen-bond acceptors (Lipinski definition) is 3. The van der Waals surface area contributed by atoms with Crippen molar-refractivity contribution in [2.75, 3.05) is 16.8 Å². The van der Waals surface area contributed by atoms with Crippen LogP contribution in [0.2, 0.25) is 0 Å². The van der Waals surface area contributed by atoms with Crippen LogP contribution in [0.3, 0.4) is 0 Å². The van der Waals surface area contributed by atoms with Gasteiger partial charge in [-0.15, -0.1) is 11.8 Å². The second-order valence-electron chi connectivity index (χ2n) is 3.51. The highest BCUT2D eigenvalue weighted by atomic mass is 32.2. The lowest BCUT2D eigenvalue weighted by atomic mass is 10.1. The molecule has 2 aliphatic heterocycles. The maximum Gasteiger partial charge on any atom is 0.258 e. The monoisotopic (exact) mass is 239 g/mol. The van der Waals surface area contributed by atoms with Crippen LogP contribution in [0.1, 0.15) is 5.56 Å². The van der Waals surface area contributed by atoms with Crippen LogP contribution in [-0.2, 0) is 19.7 Å². The Morgan fingerprint density at radius 3 is 2.93 bits per heavy atom. The molecule has 1 amide bonds. The molecule has 0 saturated carbocycles. The van der Waals surface area contributed by atoms with Crippen molar-refractivity contribution < 1.29 is 9.00 Å². The molecule has 2 atom stereocenters. The predicted molar refractivity (Wildman–Crippen MR) is 62.2 cm³/mol. The van der Waals surface area contributed by atoms with Crippen LogP contribution in [-0.4, -0.2) is 21.6 Å². The first-order valence-corrected chi connectivity index (χ1v) is 6.99. The average molecular weight is 239 g/mol. The summed E-state index contributed by atoms with van der Waals surface area (Å²) in [6.07, 6.45) is 0. The van der Waals surface area contributed by atoms with E-state index in [1.807, 2.05) is 24.3 Å². The van der Waals surface area contributed by atoms with Crippen LogP contribution >= 0.6 is 11.8 Å². The highest BCUT2D eigenvalue weighted by Gasteiger charge is 2.55. The van der Waals surface area contributed by atoms with E-state index in [0.717, 1.165) is 17.0 Å². The van der Waals surface area contributed by atoms with E-state index < -0.39 is 14.9 Å². The zero-order valence-electron chi connectivity index (χ0n) is 7.86. The molecule has 3 nitrogen and oxygen atoms in total. The minimum atomic E-state index is -1.10. The summed E-state index contributed by atoms with van der Waals surface area (Å²) in [5.74, 6) is 1.27.